The Hall–Kier alpha value is -3.21. The Kier molecular flexibility index (Phi) is 4.59. The predicted molar refractivity (Wildman–Crippen MR) is 110 cm³/mol. The summed E-state index contributed by atoms with van der Waals surface area (Å²) >= 11 is 0. The van der Waals surface area contributed by atoms with Gasteiger partial charge in [0.25, 0.3) is 11.8 Å². The normalized spacial score (nSPS) is 13.1. The van der Waals surface area contributed by atoms with Crippen molar-refractivity contribution in [2.24, 2.45) is 0 Å². The minimum atomic E-state index is -0.0287. The summed E-state index contributed by atoms with van der Waals surface area (Å²) in [5.41, 5.74) is 4.23. The lowest BCUT2D eigenvalue weighted by molar-refractivity contribution is 0.0772. The van der Waals surface area contributed by atoms with Crippen molar-refractivity contribution in [3.05, 3.63) is 65.5 Å². The Balaban J connectivity index is 1.77. The van der Waals surface area contributed by atoms with E-state index in [4.69, 9.17) is 0 Å². The zero-order valence-electron chi connectivity index (χ0n) is 16.4. The number of hydrogen-bond donors (Lipinski definition) is 0. The first kappa shape index (κ1) is 18.2. The second-order valence-corrected chi connectivity index (χ2v) is 7.11. The molecule has 0 spiro atoms. The molecule has 2 heterocycles. The second kappa shape index (κ2) is 7.08. The summed E-state index contributed by atoms with van der Waals surface area (Å²) in [6.45, 7) is 5.96. The fraction of sp³-hybridized carbons (Fsp3) is 0.261. The van der Waals surface area contributed by atoms with E-state index in [1.807, 2.05) is 55.1 Å². The topological polar surface area (TPSA) is 53.5 Å². The molecule has 142 valence electrons. The van der Waals surface area contributed by atoms with Gasteiger partial charge in [-0.05, 0) is 48.4 Å². The van der Waals surface area contributed by atoms with Gasteiger partial charge in [0.05, 0.1) is 0 Å². The van der Waals surface area contributed by atoms with Crippen LogP contribution >= 0.6 is 0 Å². The van der Waals surface area contributed by atoms with Crippen LogP contribution in [-0.2, 0) is 6.54 Å². The molecule has 4 rings (SSSR count). The van der Waals surface area contributed by atoms with E-state index in [0.29, 0.717) is 30.9 Å². The van der Waals surface area contributed by atoms with Gasteiger partial charge in [-0.25, -0.2) is 0 Å². The lowest BCUT2D eigenvalue weighted by Gasteiger charge is -2.19. The smallest absolute Gasteiger partial charge is 0.272 e. The molecule has 0 N–H and O–H groups in total. The number of rotatable bonds is 4. The Morgan fingerprint density at radius 3 is 2.68 bits per heavy atom. The third-order valence-corrected chi connectivity index (χ3v) is 5.41. The zero-order valence-corrected chi connectivity index (χ0v) is 16.4. The molecule has 3 aromatic rings. The fourth-order valence-electron chi connectivity index (χ4n) is 3.84. The zero-order chi connectivity index (χ0) is 19.8. The van der Waals surface area contributed by atoms with Crippen molar-refractivity contribution in [1.82, 2.24) is 14.8 Å². The standard InChI is InChI=1S/C23H23N3O2/c1-4-26(5-2)22(27)16-9-10-20-15(11-16)7-6-8-19(20)17-12-18-14-25(3)23(28)21(18)24-13-17/h6-13H,4-5,14H2,1-3H3. The molecular weight excluding hydrogens is 350 g/mol. The number of hydrogen-bond acceptors (Lipinski definition) is 3. The van der Waals surface area contributed by atoms with Crippen LogP contribution in [0.15, 0.2) is 48.7 Å². The second-order valence-electron chi connectivity index (χ2n) is 7.11. The van der Waals surface area contributed by atoms with E-state index in [-0.39, 0.29) is 11.8 Å². The predicted octanol–water partition coefficient (Wildman–Crippen LogP) is 3.97. The van der Waals surface area contributed by atoms with Crippen molar-refractivity contribution < 1.29 is 9.59 Å². The van der Waals surface area contributed by atoms with Gasteiger partial charge < -0.3 is 9.80 Å². The van der Waals surface area contributed by atoms with Crippen molar-refractivity contribution in [2.75, 3.05) is 20.1 Å². The van der Waals surface area contributed by atoms with Crippen LogP contribution in [0.4, 0.5) is 0 Å². The number of amides is 2. The van der Waals surface area contributed by atoms with Gasteiger partial charge in [-0.3, -0.25) is 14.6 Å². The molecule has 0 bridgehead atoms. The van der Waals surface area contributed by atoms with Gasteiger partial charge >= 0.3 is 0 Å². The van der Waals surface area contributed by atoms with Crippen molar-refractivity contribution in [3.8, 4) is 11.1 Å². The van der Waals surface area contributed by atoms with E-state index in [1.54, 1.807) is 18.1 Å². The van der Waals surface area contributed by atoms with Gasteiger partial charge in [0.2, 0.25) is 0 Å². The Labute approximate surface area is 164 Å². The van der Waals surface area contributed by atoms with Crippen molar-refractivity contribution >= 4 is 22.6 Å². The molecule has 5 nitrogen and oxygen atoms in total. The summed E-state index contributed by atoms with van der Waals surface area (Å²) in [6, 6.07) is 14.0. The van der Waals surface area contributed by atoms with Crippen LogP contribution in [0, 0.1) is 0 Å². The summed E-state index contributed by atoms with van der Waals surface area (Å²) in [5, 5.41) is 2.09. The molecular formula is C23H23N3O2. The molecule has 2 aromatic carbocycles. The van der Waals surface area contributed by atoms with E-state index in [0.717, 1.165) is 27.5 Å². The van der Waals surface area contributed by atoms with E-state index in [1.165, 1.54) is 0 Å². The van der Waals surface area contributed by atoms with Crippen molar-refractivity contribution in [2.45, 2.75) is 20.4 Å². The van der Waals surface area contributed by atoms with Crippen molar-refractivity contribution in [1.29, 1.82) is 0 Å². The molecule has 0 aliphatic carbocycles. The summed E-state index contributed by atoms with van der Waals surface area (Å²) < 4.78 is 0. The average Bonchev–Trinajstić information content (AvgIpc) is 3.01. The fourth-order valence-corrected chi connectivity index (χ4v) is 3.84. The van der Waals surface area contributed by atoms with E-state index in [2.05, 4.69) is 11.1 Å². The number of pyridine rings is 1. The van der Waals surface area contributed by atoms with Gasteiger partial charge in [-0.1, -0.05) is 24.3 Å². The van der Waals surface area contributed by atoms with Crippen LogP contribution in [-0.4, -0.2) is 46.7 Å². The van der Waals surface area contributed by atoms with E-state index >= 15 is 0 Å². The number of fused-ring (bicyclic) bond motifs is 2. The molecule has 1 aromatic heterocycles. The highest BCUT2D eigenvalue weighted by atomic mass is 16.2. The van der Waals surface area contributed by atoms with Gasteiger partial charge in [-0.15, -0.1) is 0 Å². The first-order chi connectivity index (χ1) is 13.5. The van der Waals surface area contributed by atoms with Crippen LogP contribution in [0.5, 0.6) is 0 Å². The maximum atomic E-state index is 12.7. The minimum Gasteiger partial charge on any atom is -0.339 e. The SMILES string of the molecule is CCN(CC)C(=O)c1ccc2c(-c3cnc4c(c3)CN(C)C4=O)cccc2c1. The maximum Gasteiger partial charge on any atom is 0.272 e. The van der Waals surface area contributed by atoms with Gasteiger partial charge in [0, 0.05) is 49.6 Å². The van der Waals surface area contributed by atoms with Gasteiger partial charge in [0.15, 0.2) is 0 Å². The monoisotopic (exact) mass is 373 g/mol. The first-order valence-electron chi connectivity index (χ1n) is 9.60. The Morgan fingerprint density at radius 1 is 1.14 bits per heavy atom. The molecule has 0 atom stereocenters. The van der Waals surface area contributed by atoms with E-state index < -0.39 is 0 Å². The molecule has 0 unspecified atom stereocenters. The van der Waals surface area contributed by atoms with E-state index in [9.17, 15) is 9.59 Å². The minimum absolute atomic E-state index is 0.0287. The summed E-state index contributed by atoms with van der Waals surface area (Å²) in [7, 11) is 1.79. The summed E-state index contributed by atoms with van der Waals surface area (Å²) in [5.74, 6) is 0.0251. The van der Waals surface area contributed by atoms with Crippen LogP contribution in [0.2, 0.25) is 0 Å². The molecule has 1 aliphatic heterocycles. The summed E-state index contributed by atoms with van der Waals surface area (Å²) in [4.78, 5) is 32.7. The number of carbonyl (C=O) groups excluding carboxylic acids is 2. The summed E-state index contributed by atoms with van der Waals surface area (Å²) in [6.07, 6.45) is 1.76. The highest BCUT2D eigenvalue weighted by Crippen LogP contribution is 2.31. The molecule has 2 amide bonds. The highest BCUT2D eigenvalue weighted by Gasteiger charge is 2.26. The molecule has 28 heavy (non-hydrogen) atoms. The number of nitrogens with zero attached hydrogens (tertiary/aromatic N) is 3. The average molecular weight is 373 g/mol. The van der Waals surface area contributed by atoms with Crippen molar-refractivity contribution in [3.63, 3.8) is 0 Å². The molecule has 0 radical (unpaired) electrons. The number of carbonyl (C=O) groups is 2. The van der Waals surface area contributed by atoms with Crippen LogP contribution < -0.4 is 0 Å². The highest BCUT2D eigenvalue weighted by molar-refractivity contribution is 6.03. The lowest BCUT2D eigenvalue weighted by Crippen LogP contribution is -2.30. The van der Waals surface area contributed by atoms with Gasteiger partial charge in [-0.2, -0.15) is 0 Å². The number of aromatic nitrogens is 1. The molecule has 0 fully saturated rings. The van der Waals surface area contributed by atoms with Crippen LogP contribution in [0.1, 0.15) is 40.3 Å². The third kappa shape index (κ3) is 2.93. The molecule has 0 saturated carbocycles. The quantitative estimate of drug-likeness (QED) is 0.695. The lowest BCUT2D eigenvalue weighted by atomic mass is 9.96. The Morgan fingerprint density at radius 2 is 1.93 bits per heavy atom. The molecule has 5 heteroatoms. The largest absolute Gasteiger partial charge is 0.339 e. The third-order valence-electron chi connectivity index (χ3n) is 5.41. The maximum absolute atomic E-state index is 12.7. The molecule has 0 saturated heterocycles. The first-order valence-corrected chi connectivity index (χ1v) is 9.60. The van der Waals surface area contributed by atoms with Gasteiger partial charge in [0.1, 0.15) is 5.69 Å². The Bertz CT molecular complexity index is 1090. The van der Waals surface area contributed by atoms with Crippen LogP contribution in [0.25, 0.3) is 21.9 Å². The number of benzene rings is 2. The molecule has 1 aliphatic rings. The van der Waals surface area contributed by atoms with Crippen LogP contribution in [0.3, 0.4) is 0 Å².